The molecule has 0 unspecified atom stereocenters. The first kappa shape index (κ1) is 20.3. The number of hydrogen-bond acceptors (Lipinski definition) is 6. The molecule has 2 rings (SSSR count). The lowest BCUT2D eigenvalue weighted by Crippen LogP contribution is -2.39. The van der Waals surface area contributed by atoms with E-state index in [4.69, 9.17) is 19.3 Å². The van der Waals surface area contributed by atoms with Gasteiger partial charge in [0.1, 0.15) is 6.04 Å². The van der Waals surface area contributed by atoms with E-state index in [1.54, 1.807) is 0 Å². The molecule has 0 aliphatic carbocycles. The highest BCUT2D eigenvalue weighted by Crippen LogP contribution is 2.42. The van der Waals surface area contributed by atoms with Gasteiger partial charge in [0.05, 0.1) is 33.4 Å². The molecule has 0 saturated carbocycles. The Kier molecular flexibility index (Phi) is 6.14. The smallest absolute Gasteiger partial charge is 0.332 e. The molecule has 1 aliphatic rings. The summed E-state index contributed by atoms with van der Waals surface area (Å²) in [4.78, 5) is 39.3. The SMILES string of the molecule is COc1cc(N2C(=O)[C@H](CC(=O)O)N(CC(C)C)C2=O)cc(OC)c1OC. The molecule has 1 fully saturated rings. The highest BCUT2D eigenvalue weighted by molar-refractivity contribution is 6.22. The second-order valence-electron chi connectivity index (χ2n) is 6.50. The van der Waals surface area contributed by atoms with Crippen LogP contribution in [0, 0.1) is 5.92 Å². The molecule has 9 heteroatoms. The van der Waals surface area contributed by atoms with Crippen molar-refractivity contribution in [2.24, 2.45) is 5.92 Å². The first-order valence-corrected chi connectivity index (χ1v) is 8.41. The van der Waals surface area contributed by atoms with Gasteiger partial charge in [-0.2, -0.15) is 0 Å². The molecule has 1 atom stereocenters. The van der Waals surface area contributed by atoms with Gasteiger partial charge in [0, 0.05) is 18.7 Å². The third-order valence-corrected chi connectivity index (χ3v) is 4.16. The zero-order chi connectivity index (χ0) is 20.3. The number of ether oxygens (including phenoxy) is 3. The number of imide groups is 1. The van der Waals surface area contributed by atoms with Crippen LogP contribution in [0.25, 0.3) is 0 Å². The largest absolute Gasteiger partial charge is 0.493 e. The number of hydrogen-bond donors (Lipinski definition) is 1. The lowest BCUT2D eigenvalue weighted by atomic mass is 10.1. The van der Waals surface area contributed by atoms with E-state index in [2.05, 4.69) is 0 Å². The maximum Gasteiger partial charge on any atom is 0.332 e. The number of urea groups is 1. The molecule has 0 spiro atoms. The summed E-state index contributed by atoms with van der Waals surface area (Å²) in [6.07, 6.45) is -0.460. The molecule has 1 aliphatic heterocycles. The van der Waals surface area contributed by atoms with Gasteiger partial charge < -0.3 is 24.2 Å². The fourth-order valence-electron chi connectivity index (χ4n) is 3.03. The predicted octanol–water partition coefficient (Wildman–Crippen LogP) is 1.98. The van der Waals surface area contributed by atoms with Crippen LogP contribution in [0.15, 0.2) is 12.1 Å². The van der Waals surface area contributed by atoms with E-state index in [-0.39, 0.29) is 29.6 Å². The summed E-state index contributed by atoms with van der Waals surface area (Å²) in [6.45, 7) is 4.04. The van der Waals surface area contributed by atoms with Gasteiger partial charge in [-0.1, -0.05) is 13.8 Å². The third-order valence-electron chi connectivity index (χ3n) is 4.16. The maximum absolute atomic E-state index is 12.9. The predicted molar refractivity (Wildman–Crippen MR) is 96.6 cm³/mol. The average molecular weight is 380 g/mol. The van der Waals surface area contributed by atoms with Crippen LogP contribution >= 0.6 is 0 Å². The number of rotatable bonds is 8. The molecule has 27 heavy (non-hydrogen) atoms. The monoisotopic (exact) mass is 380 g/mol. The minimum Gasteiger partial charge on any atom is -0.493 e. The van der Waals surface area contributed by atoms with Crippen molar-refractivity contribution >= 4 is 23.6 Å². The molecule has 0 aromatic heterocycles. The molecule has 9 nitrogen and oxygen atoms in total. The van der Waals surface area contributed by atoms with E-state index in [1.165, 1.54) is 38.4 Å². The van der Waals surface area contributed by atoms with Crippen LogP contribution < -0.4 is 19.1 Å². The van der Waals surface area contributed by atoms with Gasteiger partial charge in [0.15, 0.2) is 11.5 Å². The molecular formula is C18H24N2O7. The van der Waals surface area contributed by atoms with Crippen LogP contribution in [0.2, 0.25) is 0 Å². The number of anilines is 1. The summed E-state index contributed by atoms with van der Waals surface area (Å²) in [7, 11) is 4.29. The number of carbonyl (C=O) groups is 3. The van der Waals surface area contributed by atoms with Crippen LogP contribution in [0.5, 0.6) is 17.2 Å². The Hall–Kier alpha value is -2.97. The van der Waals surface area contributed by atoms with Crippen molar-refractivity contribution in [3.63, 3.8) is 0 Å². The fourth-order valence-corrected chi connectivity index (χ4v) is 3.03. The lowest BCUT2D eigenvalue weighted by Gasteiger charge is -2.22. The van der Waals surface area contributed by atoms with Crippen molar-refractivity contribution in [3.05, 3.63) is 12.1 Å². The van der Waals surface area contributed by atoms with Gasteiger partial charge in [0.25, 0.3) is 5.91 Å². The Morgan fingerprint density at radius 3 is 2.07 bits per heavy atom. The number of nitrogens with zero attached hydrogens (tertiary/aromatic N) is 2. The average Bonchev–Trinajstić information content (AvgIpc) is 2.83. The van der Waals surface area contributed by atoms with Crippen molar-refractivity contribution in [2.75, 3.05) is 32.8 Å². The molecule has 148 valence electrons. The van der Waals surface area contributed by atoms with Gasteiger partial charge in [-0.05, 0) is 5.92 Å². The summed E-state index contributed by atoms with van der Waals surface area (Å²) in [6, 6.07) is 1.33. The van der Waals surface area contributed by atoms with Crippen LogP contribution in [0.1, 0.15) is 20.3 Å². The number of carboxylic acid groups (broad SMARTS) is 1. The highest BCUT2D eigenvalue weighted by Gasteiger charge is 2.47. The van der Waals surface area contributed by atoms with Crippen molar-refractivity contribution in [2.45, 2.75) is 26.3 Å². The topological polar surface area (TPSA) is 106 Å². The first-order chi connectivity index (χ1) is 12.7. The van der Waals surface area contributed by atoms with Crippen LogP contribution in [-0.2, 0) is 9.59 Å². The molecular weight excluding hydrogens is 356 g/mol. The Balaban J connectivity index is 2.52. The summed E-state index contributed by atoms with van der Waals surface area (Å²) in [5.74, 6) is -0.796. The Labute approximate surface area is 157 Å². The minimum atomic E-state index is -1.15. The second kappa shape index (κ2) is 8.15. The molecule has 1 aromatic rings. The minimum absolute atomic E-state index is 0.0675. The van der Waals surface area contributed by atoms with Crippen LogP contribution in [-0.4, -0.2) is 61.8 Å². The summed E-state index contributed by atoms with van der Waals surface area (Å²) in [5, 5.41) is 9.15. The summed E-state index contributed by atoms with van der Waals surface area (Å²) >= 11 is 0. The molecule has 0 bridgehead atoms. The Bertz CT molecular complexity index is 722. The third kappa shape index (κ3) is 3.91. The Morgan fingerprint density at radius 2 is 1.67 bits per heavy atom. The number of carbonyl (C=O) groups excluding carboxylic acids is 2. The van der Waals surface area contributed by atoms with Crippen molar-refractivity contribution in [3.8, 4) is 17.2 Å². The Morgan fingerprint density at radius 1 is 1.11 bits per heavy atom. The van der Waals surface area contributed by atoms with Gasteiger partial charge in [-0.25, -0.2) is 9.69 Å². The molecule has 1 N–H and O–H groups in total. The van der Waals surface area contributed by atoms with Gasteiger partial charge in [-0.15, -0.1) is 0 Å². The van der Waals surface area contributed by atoms with Gasteiger partial charge in [0.2, 0.25) is 5.75 Å². The van der Waals surface area contributed by atoms with E-state index in [9.17, 15) is 14.4 Å². The summed E-state index contributed by atoms with van der Waals surface area (Å²) in [5.41, 5.74) is 0.223. The van der Waals surface area contributed by atoms with Crippen molar-refractivity contribution < 1.29 is 33.7 Å². The molecule has 1 aromatic carbocycles. The maximum atomic E-state index is 12.9. The molecule has 1 saturated heterocycles. The van der Waals surface area contributed by atoms with E-state index in [0.29, 0.717) is 5.75 Å². The number of carboxylic acids is 1. The molecule has 1 heterocycles. The van der Waals surface area contributed by atoms with Crippen molar-refractivity contribution in [1.29, 1.82) is 0 Å². The number of methoxy groups -OCH3 is 3. The zero-order valence-electron chi connectivity index (χ0n) is 16.0. The van der Waals surface area contributed by atoms with Crippen molar-refractivity contribution in [1.82, 2.24) is 4.90 Å². The molecule has 3 amide bonds. The number of aliphatic carboxylic acids is 1. The van der Waals surface area contributed by atoms with E-state index in [0.717, 1.165) is 4.90 Å². The highest BCUT2D eigenvalue weighted by atomic mass is 16.5. The van der Waals surface area contributed by atoms with Crippen LogP contribution in [0.3, 0.4) is 0 Å². The fraction of sp³-hybridized carbons (Fsp3) is 0.500. The van der Waals surface area contributed by atoms with Gasteiger partial charge in [-0.3, -0.25) is 9.59 Å². The second-order valence-corrected chi connectivity index (χ2v) is 6.50. The zero-order valence-corrected chi connectivity index (χ0v) is 16.0. The molecule has 0 radical (unpaired) electrons. The standard InChI is InChI=1S/C18H24N2O7/c1-10(2)9-19-12(8-15(21)22)17(23)20(18(19)24)11-6-13(25-3)16(27-5)14(7-11)26-4/h6-7,10,12H,8-9H2,1-5H3,(H,21,22)/t12-/m0/s1. The normalized spacial score (nSPS) is 16.9. The van der Waals surface area contributed by atoms with E-state index >= 15 is 0 Å². The quantitative estimate of drug-likeness (QED) is 0.687. The number of amides is 3. The van der Waals surface area contributed by atoms with Crippen LogP contribution in [0.4, 0.5) is 10.5 Å². The van der Waals surface area contributed by atoms with E-state index < -0.39 is 30.4 Å². The first-order valence-electron chi connectivity index (χ1n) is 8.41. The number of benzene rings is 1. The van der Waals surface area contributed by atoms with Gasteiger partial charge >= 0.3 is 12.0 Å². The summed E-state index contributed by atoms with van der Waals surface area (Å²) < 4.78 is 15.8. The lowest BCUT2D eigenvalue weighted by molar-refractivity contribution is -0.140. The van der Waals surface area contributed by atoms with E-state index in [1.807, 2.05) is 13.8 Å².